The van der Waals surface area contributed by atoms with E-state index in [0.29, 0.717) is 6.54 Å². The molecular formula is C6H15N3O2S. The Morgan fingerprint density at radius 3 is 2.83 bits per heavy atom. The molecule has 72 valence electrons. The Hall–Kier alpha value is -0.300. The van der Waals surface area contributed by atoms with Crippen LogP contribution in [0, 0.1) is 0 Å². The Morgan fingerprint density at radius 1 is 1.50 bits per heavy atom. The van der Waals surface area contributed by atoms with Gasteiger partial charge in [0.25, 0.3) is 0 Å². The fourth-order valence-corrected chi connectivity index (χ4v) is 0.940. The molecule has 4 N–H and O–H groups in total. The van der Waals surface area contributed by atoms with E-state index < -0.39 is 0 Å². The van der Waals surface area contributed by atoms with Gasteiger partial charge in [-0.25, -0.2) is 0 Å². The molecule has 0 aliphatic rings. The summed E-state index contributed by atoms with van der Waals surface area (Å²) in [6.45, 7) is 1.57. The van der Waals surface area contributed by atoms with Crippen molar-refractivity contribution in [3.63, 3.8) is 0 Å². The molecule has 0 unspecified atom stereocenters. The highest BCUT2D eigenvalue weighted by molar-refractivity contribution is 7.97. The van der Waals surface area contributed by atoms with Crippen molar-refractivity contribution in [1.29, 1.82) is 0 Å². The molecule has 0 saturated heterocycles. The first-order valence-electron chi connectivity index (χ1n) is 3.73. The summed E-state index contributed by atoms with van der Waals surface area (Å²) in [5.41, 5.74) is 0. The molecule has 6 heteroatoms. The lowest BCUT2D eigenvalue weighted by molar-refractivity contribution is -0.118. The molecular weight excluding hydrogens is 178 g/mol. The summed E-state index contributed by atoms with van der Waals surface area (Å²) < 4.78 is 0. The second-order valence-electron chi connectivity index (χ2n) is 2.19. The Labute approximate surface area is 76.4 Å². The molecule has 0 saturated carbocycles. The van der Waals surface area contributed by atoms with Crippen LogP contribution in [0.25, 0.3) is 0 Å². The van der Waals surface area contributed by atoms with Gasteiger partial charge in [-0.3, -0.25) is 4.79 Å². The predicted molar refractivity (Wildman–Crippen MR) is 48.9 cm³/mol. The van der Waals surface area contributed by atoms with Gasteiger partial charge >= 0.3 is 0 Å². The van der Waals surface area contributed by atoms with Crippen molar-refractivity contribution in [3.05, 3.63) is 0 Å². The summed E-state index contributed by atoms with van der Waals surface area (Å²) in [6.07, 6.45) is 0.916. The molecule has 0 aromatic rings. The molecule has 0 fully saturated rings. The zero-order valence-electron chi connectivity index (χ0n) is 7.09. The van der Waals surface area contributed by atoms with Crippen LogP contribution < -0.4 is 15.5 Å². The van der Waals surface area contributed by atoms with Gasteiger partial charge in [0.1, 0.15) is 0 Å². The van der Waals surface area contributed by atoms with Gasteiger partial charge in [-0.1, -0.05) is 0 Å². The van der Waals surface area contributed by atoms with Crippen molar-refractivity contribution in [2.24, 2.45) is 0 Å². The second kappa shape index (κ2) is 8.79. The lowest BCUT2D eigenvalue weighted by Gasteiger charge is -2.03. The van der Waals surface area contributed by atoms with Crippen molar-refractivity contribution < 1.29 is 10.0 Å². The fraction of sp³-hybridized carbons (Fsp3) is 0.833. The van der Waals surface area contributed by atoms with E-state index >= 15 is 0 Å². The van der Waals surface area contributed by atoms with Crippen LogP contribution in [0.1, 0.15) is 6.42 Å². The summed E-state index contributed by atoms with van der Waals surface area (Å²) in [6, 6.07) is 0. The maximum absolute atomic E-state index is 10.9. The highest BCUT2D eigenvalue weighted by Crippen LogP contribution is 1.88. The molecule has 0 aromatic carbocycles. The van der Waals surface area contributed by atoms with E-state index in [0.717, 1.165) is 24.9 Å². The first-order valence-corrected chi connectivity index (χ1v) is 4.72. The molecule has 0 aliphatic heterocycles. The van der Waals surface area contributed by atoms with Crippen molar-refractivity contribution in [2.75, 3.05) is 25.9 Å². The quantitative estimate of drug-likeness (QED) is 0.245. The lowest BCUT2D eigenvalue weighted by atomic mass is 10.4. The van der Waals surface area contributed by atoms with Crippen LogP contribution >= 0.6 is 11.9 Å². The van der Waals surface area contributed by atoms with Crippen LogP contribution in [-0.2, 0) is 4.79 Å². The normalized spacial score (nSPS) is 9.83. The summed E-state index contributed by atoms with van der Waals surface area (Å²) in [5, 5.41) is 13.8. The number of amides is 1. The van der Waals surface area contributed by atoms with E-state index in [1.165, 1.54) is 0 Å². The smallest absolute Gasteiger partial charge is 0.231 e. The summed E-state index contributed by atoms with van der Waals surface area (Å²) in [5.74, 6) is 0.161. The largest absolute Gasteiger partial charge is 0.355 e. The molecule has 5 nitrogen and oxygen atoms in total. The van der Waals surface area contributed by atoms with Crippen LogP contribution in [0.2, 0.25) is 0 Å². The molecule has 0 bridgehead atoms. The molecule has 1 amide bonds. The van der Waals surface area contributed by atoms with Crippen molar-refractivity contribution >= 4 is 17.9 Å². The minimum absolute atomic E-state index is 0.0716. The minimum Gasteiger partial charge on any atom is -0.355 e. The predicted octanol–water partition coefficient (Wildman–Crippen LogP) is -0.661. The molecule has 0 radical (unpaired) electrons. The van der Waals surface area contributed by atoms with Gasteiger partial charge in [-0.2, -0.15) is 0 Å². The van der Waals surface area contributed by atoms with Gasteiger partial charge in [0, 0.05) is 6.54 Å². The van der Waals surface area contributed by atoms with E-state index in [1.807, 2.05) is 11.9 Å². The Kier molecular flexibility index (Phi) is 8.57. The van der Waals surface area contributed by atoms with E-state index in [9.17, 15) is 4.79 Å². The summed E-state index contributed by atoms with van der Waals surface area (Å²) in [4.78, 5) is 12.7. The number of carbonyl (C=O) groups is 1. The highest BCUT2D eigenvalue weighted by atomic mass is 32.2. The third-order valence-electron chi connectivity index (χ3n) is 1.19. The number of carbonyl (C=O) groups excluding carboxylic acids is 1. The Balaban J connectivity index is 3.08. The zero-order chi connectivity index (χ0) is 9.23. The number of hydrogen-bond acceptors (Lipinski definition) is 5. The molecule has 0 aromatic heterocycles. The maximum atomic E-state index is 10.9. The zero-order valence-corrected chi connectivity index (χ0v) is 7.91. The Bertz CT molecular complexity index is 123. The van der Waals surface area contributed by atoms with Crippen molar-refractivity contribution in [3.8, 4) is 0 Å². The average molecular weight is 193 g/mol. The highest BCUT2D eigenvalue weighted by Gasteiger charge is 1.98. The van der Waals surface area contributed by atoms with E-state index in [1.54, 1.807) is 0 Å². The third-order valence-corrected chi connectivity index (χ3v) is 1.73. The number of rotatable bonds is 7. The first kappa shape index (κ1) is 11.7. The van der Waals surface area contributed by atoms with Crippen LogP contribution in [0.5, 0.6) is 0 Å². The van der Waals surface area contributed by atoms with E-state index in [4.69, 9.17) is 5.21 Å². The van der Waals surface area contributed by atoms with Gasteiger partial charge in [-0.05, 0) is 32.0 Å². The van der Waals surface area contributed by atoms with Gasteiger partial charge in [-0.15, -0.1) is 4.89 Å². The van der Waals surface area contributed by atoms with Crippen LogP contribution in [0.15, 0.2) is 0 Å². The summed E-state index contributed by atoms with van der Waals surface area (Å²) >= 11 is 0.958. The molecule has 0 rings (SSSR count). The molecule has 0 atom stereocenters. The molecule has 0 spiro atoms. The van der Waals surface area contributed by atoms with E-state index in [2.05, 4.69) is 10.6 Å². The fourth-order valence-electron chi connectivity index (χ4n) is 0.642. The first-order chi connectivity index (χ1) is 5.81. The van der Waals surface area contributed by atoms with E-state index in [-0.39, 0.29) is 11.7 Å². The monoisotopic (exact) mass is 193 g/mol. The third kappa shape index (κ3) is 7.80. The van der Waals surface area contributed by atoms with Gasteiger partial charge in [0.05, 0.1) is 5.75 Å². The topological polar surface area (TPSA) is 73.4 Å². The van der Waals surface area contributed by atoms with Crippen LogP contribution in [-0.4, -0.2) is 37.0 Å². The SMILES string of the molecule is CNCCCNC(=O)CSNO. The average Bonchev–Trinajstić information content (AvgIpc) is 2.09. The standard InChI is InChI=1S/C6H15N3O2S/c1-7-3-2-4-8-6(10)5-12-9-11/h7,9,11H,2-5H2,1H3,(H,8,10). The van der Waals surface area contributed by atoms with Gasteiger partial charge in [0.2, 0.25) is 5.91 Å². The maximum Gasteiger partial charge on any atom is 0.231 e. The van der Waals surface area contributed by atoms with Crippen LogP contribution in [0.4, 0.5) is 0 Å². The Morgan fingerprint density at radius 2 is 2.25 bits per heavy atom. The van der Waals surface area contributed by atoms with Gasteiger partial charge in [0.15, 0.2) is 0 Å². The number of nitrogens with one attached hydrogen (secondary N) is 3. The second-order valence-corrected chi connectivity index (χ2v) is 2.95. The molecule has 12 heavy (non-hydrogen) atoms. The minimum atomic E-state index is -0.0716. The van der Waals surface area contributed by atoms with Crippen molar-refractivity contribution in [1.82, 2.24) is 15.5 Å². The van der Waals surface area contributed by atoms with Crippen molar-refractivity contribution in [2.45, 2.75) is 6.42 Å². The lowest BCUT2D eigenvalue weighted by Crippen LogP contribution is -2.28. The van der Waals surface area contributed by atoms with Gasteiger partial charge < -0.3 is 15.8 Å². The molecule has 0 aliphatic carbocycles. The molecule has 0 heterocycles. The summed E-state index contributed by atoms with van der Waals surface area (Å²) in [7, 11) is 1.87. The van der Waals surface area contributed by atoms with Crippen LogP contribution in [0.3, 0.4) is 0 Å². The number of hydrogen-bond donors (Lipinski definition) is 4.